The molecule has 0 radical (unpaired) electrons. The first-order valence-corrected chi connectivity index (χ1v) is 4.40. The molecule has 0 saturated heterocycles. The normalized spacial score (nSPS) is 11.3. The van der Waals surface area contributed by atoms with Crippen molar-refractivity contribution in [2.45, 2.75) is 13.1 Å². The summed E-state index contributed by atoms with van der Waals surface area (Å²) < 4.78 is 54.0. The Labute approximate surface area is 88.8 Å². The highest BCUT2D eigenvalue weighted by Crippen LogP contribution is 2.25. The van der Waals surface area contributed by atoms with Crippen molar-refractivity contribution in [3.63, 3.8) is 0 Å². The first-order chi connectivity index (χ1) is 7.36. The van der Waals surface area contributed by atoms with E-state index < -0.39 is 23.3 Å². The maximum Gasteiger partial charge on any atom is 0.454 e. The van der Waals surface area contributed by atoms with Gasteiger partial charge in [-0.3, -0.25) is 4.79 Å². The highest BCUT2D eigenvalue weighted by Gasteiger charge is 2.39. The fourth-order valence-electron chi connectivity index (χ4n) is 1.07. The van der Waals surface area contributed by atoms with Crippen molar-refractivity contribution >= 4 is 5.78 Å². The molecule has 16 heavy (non-hydrogen) atoms. The third-order valence-corrected chi connectivity index (χ3v) is 1.75. The van der Waals surface area contributed by atoms with Gasteiger partial charge in [-0.2, -0.15) is 13.2 Å². The number of ketones is 1. The molecule has 0 unspecified atom stereocenters. The molecule has 1 aromatic carbocycles. The minimum atomic E-state index is -4.97. The number of rotatable bonds is 3. The van der Waals surface area contributed by atoms with Gasteiger partial charge in [0.05, 0.1) is 6.61 Å². The van der Waals surface area contributed by atoms with E-state index in [2.05, 4.69) is 0 Å². The highest BCUT2D eigenvalue weighted by molar-refractivity contribution is 6.00. The van der Waals surface area contributed by atoms with Gasteiger partial charge in [0, 0.05) is 5.56 Å². The van der Waals surface area contributed by atoms with Crippen molar-refractivity contribution in [1.82, 2.24) is 0 Å². The van der Waals surface area contributed by atoms with E-state index in [1.807, 2.05) is 0 Å². The second-order valence-corrected chi connectivity index (χ2v) is 2.91. The topological polar surface area (TPSA) is 26.3 Å². The summed E-state index contributed by atoms with van der Waals surface area (Å²) in [6.45, 7) is 1.65. The lowest BCUT2D eigenvalue weighted by molar-refractivity contribution is -0.0885. The zero-order chi connectivity index (χ0) is 12.3. The molecule has 0 spiro atoms. The van der Waals surface area contributed by atoms with Crippen LogP contribution in [0.15, 0.2) is 18.2 Å². The van der Waals surface area contributed by atoms with Crippen molar-refractivity contribution in [3.8, 4) is 5.75 Å². The summed E-state index contributed by atoms with van der Waals surface area (Å²) in [6.07, 6.45) is -4.97. The van der Waals surface area contributed by atoms with Gasteiger partial charge in [0.15, 0.2) is 11.6 Å². The summed E-state index contributed by atoms with van der Waals surface area (Å²) in [5, 5.41) is 0. The van der Waals surface area contributed by atoms with Crippen LogP contribution in [0.4, 0.5) is 17.6 Å². The zero-order valence-corrected chi connectivity index (χ0v) is 8.27. The number of benzene rings is 1. The summed E-state index contributed by atoms with van der Waals surface area (Å²) in [7, 11) is 0. The van der Waals surface area contributed by atoms with E-state index in [1.54, 1.807) is 6.92 Å². The minimum Gasteiger partial charge on any atom is -0.491 e. The highest BCUT2D eigenvalue weighted by atomic mass is 19.4. The second kappa shape index (κ2) is 4.51. The van der Waals surface area contributed by atoms with E-state index in [9.17, 15) is 22.4 Å². The molecule has 6 heteroatoms. The van der Waals surface area contributed by atoms with Crippen LogP contribution in [-0.2, 0) is 0 Å². The van der Waals surface area contributed by atoms with Crippen LogP contribution < -0.4 is 4.74 Å². The smallest absolute Gasteiger partial charge is 0.454 e. The number of alkyl halides is 3. The molecule has 0 bridgehead atoms. The van der Waals surface area contributed by atoms with Crippen molar-refractivity contribution in [3.05, 3.63) is 29.6 Å². The molecule has 0 atom stereocenters. The quantitative estimate of drug-likeness (QED) is 0.595. The van der Waals surface area contributed by atoms with Crippen LogP contribution >= 0.6 is 0 Å². The molecule has 1 rings (SSSR count). The molecule has 0 aliphatic carbocycles. The van der Waals surface area contributed by atoms with Gasteiger partial charge in [0.25, 0.3) is 5.78 Å². The Hall–Kier alpha value is -1.59. The lowest BCUT2D eigenvalue weighted by atomic mass is 10.1. The van der Waals surface area contributed by atoms with Crippen LogP contribution in [-0.4, -0.2) is 18.6 Å². The number of hydrogen-bond acceptors (Lipinski definition) is 2. The average molecular weight is 236 g/mol. The first-order valence-electron chi connectivity index (χ1n) is 4.40. The van der Waals surface area contributed by atoms with Crippen LogP contribution in [0.2, 0.25) is 0 Å². The molecule has 0 aliphatic heterocycles. The molecular weight excluding hydrogens is 228 g/mol. The van der Waals surface area contributed by atoms with E-state index >= 15 is 0 Å². The Morgan fingerprint density at radius 2 is 2.00 bits per heavy atom. The van der Waals surface area contributed by atoms with E-state index in [0.29, 0.717) is 0 Å². The molecule has 0 heterocycles. The first kappa shape index (κ1) is 12.5. The van der Waals surface area contributed by atoms with E-state index in [1.165, 1.54) is 0 Å². The summed E-state index contributed by atoms with van der Waals surface area (Å²) in [5.74, 6) is -3.19. The van der Waals surface area contributed by atoms with Gasteiger partial charge in [-0.1, -0.05) is 0 Å². The molecule has 0 amide bonds. The van der Waals surface area contributed by atoms with Crippen LogP contribution in [0.1, 0.15) is 17.3 Å². The van der Waals surface area contributed by atoms with Crippen LogP contribution in [0.25, 0.3) is 0 Å². The average Bonchev–Trinajstić information content (AvgIpc) is 2.19. The second-order valence-electron chi connectivity index (χ2n) is 2.91. The van der Waals surface area contributed by atoms with Crippen molar-refractivity contribution in [2.75, 3.05) is 6.61 Å². The van der Waals surface area contributed by atoms with Gasteiger partial charge in [0.2, 0.25) is 0 Å². The number of carbonyl (C=O) groups is 1. The van der Waals surface area contributed by atoms with Gasteiger partial charge >= 0.3 is 6.18 Å². The van der Waals surface area contributed by atoms with Gasteiger partial charge in [-0.25, -0.2) is 4.39 Å². The van der Waals surface area contributed by atoms with Gasteiger partial charge < -0.3 is 4.74 Å². The predicted molar refractivity (Wildman–Crippen MR) is 48.0 cm³/mol. The Morgan fingerprint density at radius 1 is 1.38 bits per heavy atom. The number of ether oxygens (including phenoxy) is 1. The molecule has 0 N–H and O–H groups in total. The molecule has 1 aromatic rings. The minimum absolute atomic E-state index is 0.0978. The molecule has 0 fully saturated rings. The molecular formula is C10H8F4O2. The largest absolute Gasteiger partial charge is 0.491 e. The fraction of sp³-hybridized carbons (Fsp3) is 0.300. The third-order valence-electron chi connectivity index (χ3n) is 1.75. The summed E-state index contributed by atoms with van der Waals surface area (Å²) >= 11 is 0. The fourth-order valence-corrected chi connectivity index (χ4v) is 1.07. The summed E-state index contributed by atoms with van der Waals surface area (Å²) in [5.41, 5.74) is -0.641. The van der Waals surface area contributed by atoms with E-state index in [4.69, 9.17) is 4.74 Å². The molecule has 0 aliphatic rings. The summed E-state index contributed by atoms with van der Waals surface area (Å²) in [6, 6.07) is 2.28. The van der Waals surface area contributed by atoms with Crippen LogP contribution in [0.3, 0.4) is 0 Å². The number of carbonyl (C=O) groups excluding carboxylic acids is 1. The zero-order valence-electron chi connectivity index (χ0n) is 8.27. The van der Waals surface area contributed by atoms with Crippen LogP contribution in [0, 0.1) is 5.82 Å². The predicted octanol–water partition coefficient (Wildman–Crippen LogP) is 2.97. The Kier molecular flexibility index (Phi) is 3.51. The number of Topliss-reactive ketones (excluding diaryl/α,β-unsaturated/α-hetero) is 1. The van der Waals surface area contributed by atoms with E-state index in [0.717, 1.165) is 18.2 Å². The summed E-state index contributed by atoms with van der Waals surface area (Å²) in [4.78, 5) is 10.8. The molecule has 0 saturated carbocycles. The standard InChI is InChI=1S/C10H8F4O2/c1-2-16-8-5-6(3-4-7(8)11)9(15)10(12,13)14/h3-5H,2H2,1H3. The Balaban J connectivity index is 3.08. The monoisotopic (exact) mass is 236 g/mol. The Bertz CT molecular complexity index is 398. The van der Waals surface area contributed by atoms with Crippen LogP contribution in [0.5, 0.6) is 5.75 Å². The van der Waals surface area contributed by atoms with Crippen molar-refractivity contribution in [1.29, 1.82) is 0 Å². The van der Waals surface area contributed by atoms with Gasteiger partial charge in [0.1, 0.15) is 0 Å². The third kappa shape index (κ3) is 2.71. The molecule has 2 nitrogen and oxygen atoms in total. The number of halogens is 4. The van der Waals surface area contributed by atoms with Gasteiger partial charge in [-0.05, 0) is 25.1 Å². The van der Waals surface area contributed by atoms with E-state index in [-0.39, 0.29) is 12.4 Å². The lowest BCUT2D eigenvalue weighted by Gasteiger charge is -2.08. The Morgan fingerprint density at radius 3 is 2.50 bits per heavy atom. The SMILES string of the molecule is CCOc1cc(C(=O)C(F)(F)F)ccc1F. The van der Waals surface area contributed by atoms with Crippen molar-refractivity contribution < 1.29 is 27.1 Å². The lowest BCUT2D eigenvalue weighted by Crippen LogP contribution is -2.22. The maximum atomic E-state index is 13.0. The number of hydrogen-bond donors (Lipinski definition) is 0. The van der Waals surface area contributed by atoms with Gasteiger partial charge in [-0.15, -0.1) is 0 Å². The maximum absolute atomic E-state index is 13.0. The molecule has 88 valence electrons. The van der Waals surface area contributed by atoms with Crippen molar-refractivity contribution in [2.24, 2.45) is 0 Å². The molecule has 0 aromatic heterocycles.